The van der Waals surface area contributed by atoms with E-state index in [-0.39, 0.29) is 11.6 Å². The van der Waals surface area contributed by atoms with Gasteiger partial charge in [-0.1, -0.05) is 0 Å². The Morgan fingerprint density at radius 3 is 3.29 bits per heavy atom. The molecule has 1 aromatic heterocycles. The number of ether oxygens (including phenoxy) is 1. The number of nitrogens with zero attached hydrogens (tertiary/aromatic N) is 3. The topological polar surface area (TPSA) is 52.0 Å². The third-order valence-electron chi connectivity index (χ3n) is 3.51. The monoisotopic (exact) mass is 254 g/mol. The molecule has 2 aliphatic rings. The van der Waals surface area contributed by atoms with Crippen molar-refractivity contribution in [1.29, 1.82) is 0 Å². The minimum atomic E-state index is -0.0722. The maximum absolute atomic E-state index is 6.12. The van der Waals surface area contributed by atoms with Crippen LogP contribution in [-0.2, 0) is 11.8 Å². The van der Waals surface area contributed by atoms with Crippen molar-refractivity contribution >= 4 is 11.8 Å². The van der Waals surface area contributed by atoms with Gasteiger partial charge >= 0.3 is 0 Å². The Hall–Kier alpha value is -0.590. The van der Waals surface area contributed by atoms with Crippen molar-refractivity contribution in [3.63, 3.8) is 0 Å². The summed E-state index contributed by atoms with van der Waals surface area (Å²) >= 11 is 1.99. The number of hydrogen-bond acceptors (Lipinski definition) is 5. The van der Waals surface area contributed by atoms with Gasteiger partial charge in [-0.25, -0.2) is 0 Å². The Balaban J connectivity index is 1.89. The summed E-state index contributed by atoms with van der Waals surface area (Å²) in [5, 5.41) is 12.2. The van der Waals surface area contributed by atoms with Crippen LogP contribution in [0.4, 0.5) is 0 Å². The average Bonchev–Trinajstić information content (AvgIpc) is 2.77. The van der Waals surface area contributed by atoms with Crippen LogP contribution in [0, 0.1) is 0 Å². The van der Waals surface area contributed by atoms with Crippen LogP contribution >= 0.6 is 11.8 Å². The molecule has 2 fully saturated rings. The lowest BCUT2D eigenvalue weighted by molar-refractivity contribution is -0.0898. The van der Waals surface area contributed by atoms with Crippen LogP contribution in [-0.4, -0.2) is 45.3 Å². The first-order valence-corrected chi connectivity index (χ1v) is 7.27. The van der Waals surface area contributed by atoms with Crippen LogP contribution in [0.1, 0.15) is 24.6 Å². The van der Waals surface area contributed by atoms with E-state index in [4.69, 9.17) is 4.74 Å². The molecule has 2 atom stereocenters. The highest BCUT2D eigenvalue weighted by atomic mass is 32.2. The molecule has 1 aromatic rings. The van der Waals surface area contributed by atoms with E-state index in [1.807, 2.05) is 25.0 Å². The predicted octanol–water partition coefficient (Wildman–Crippen LogP) is 0.742. The molecule has 1 spiro atoms. The second-order valence-corrected chi connectivity index (χ2v) is 5.82. The van der Waals surface area contributed by atoms with Gasteiger partial charge in [-0.05, 0) is 18.6 Å². The molecule has 2 aliphatic heterocycles. The van der Waals surface area contributed by atoms with Crippen molar-refractivity contribution < 1.29 is 4.74 Å². The van der Waals surface area contributed by atoms with Crippen LogP contribution < -0.4 is 5.32 Å². The average molecular weight is 254 g/mol. The molecular formula is C11H18N4OS. The summed E-state index contributed by atoms with van der Waals surface area (Å²) < 4.78 is 6.12. The van der Waals surface area contributed by atoms with Crippen molar-refractivity contribution in [2.75, 3.05) is 24.7 Å². The van der Waals surface area contributed by atoms with Crippen molar-refractivity contribution in [3.05, 3.63) is 11.9 Å². The Kier molecular flexibility index (Phi) is 3.10. The smallest absolute Gasteiger partial charge is 0.103 e. The van der Waals surface area contributed by atoms with Gasteiger partial charge in [0.1, 0.15) is 5.69 Å². The normalized spacial score (nSPS) is 34.1. The van der Waals surface area contributed by atoms with Crippen LogP contribution in [0.15, 0.2) is 6.20 Å². The fourth-order valence-corrected chi connectivity index (χ4v) is 3.96. The van der Waals surface area contributed by atoms with E-state index in [2.05, 4.69) is 15.5 Å². The van der Waals surface area contributed by atoms with E-state index in [0.717, 1.165) is 31.0 Å². The summed E-state index contributed by atoms with van der Waals surface area (Å²) in [5.41, 5.74) is 0.937. The lowest BCUT2D eigenvalue weighted by Crippen LogP contribution is -2.55. The van der Waals surface area contributed by atoms with Crippen LogP contribution in [0.25, 0.3) is 0 Å². The second-order valence-electron chi connectivity index (χ2n) is 4.72. The molecule has 0 amide bonds. The highest BCUT2D eigenvalue weighted by molar-refractivity contribution is 7.99. The number of nitrogens with one attached hydrogen (secondary N) is 1. The zero-order chi connectivity index (χ0) is 11.7. The number of aromatic nitrogens is 3. The van der Waals surface area contributed by atoms with Crippen LogP contribution in [0.3, 0.4) is 0 Å². The number of hydrogen-bond donors (Lipinski definition) is 1. The van der Waals surface area contributed by atoms with E-state index < -0.39 is 0 Å². The van der Waals surface area contributed by atoms with Gasteiger partial charge in [0.15, 0.2) is 0 Å². The summed E-state index contributed by atoms with van der Waals surface area (Å²) in [6.45, 7) is 1.70. The maximum atomic E-state index is 6.12. The molecule has 0 aromatic carbocycles. The third-order valence-corrected chi connectivity index (χ3v) is 4.78. The van der Waals surface area contributed by atoms with E-state index in [0.29, 0.717) is 0 Å². The molecule has 0 radical (unpaired) electrons. The number of rotatable bonds is 1. The van der Waals surface area contributed by atoms with Gasteiger partial charge in [-0.2, -0.15) is 26.8 Å². The van der Waals surface area contributed by atoms with E-state index in [9.17, 15) is 0 Å². The largest absolute Gasteiger partial charge is 0.371 e. The summed E-state index contributed by atoms with van der Waals surface area (Å²) in [6.07, 6.45) is 4.20. The summed E-state index contributed by atoms with van der Waals surface area (Å²) in [5.74, 6) is 2.31. The minimum Gasteiger partial charge on any atom is -0.371 e. The number of morpholine rings is 1. The molecule has 5 nitrogen and oxygen atoms in total. The van der Waals surface area contributed by atoms with Gasteiger partial charge < -0.3 is 10.1 Å². The lowest BCUT2D eigenvalue weighted by Gasteiger charge is -2.45. The van der Waals surface area contributed by atoms with Crippen LogP contribution in [0.5, 0.6) is 0 Å². The summed E-state index contributed by atoms with van der Waals surface area (Å²) in [4.78, 5) is 1.62. The SMILES string of the molecule is Cn1ncc(C2NCCOC23CCCSC3)n1. The zero-order valence-corrected chi connectivity index (χ0v) is 10.9. The van der Waals surface area contributed by atoms with E-state index >= 15 is 0 Å². The van der Waals surface area contributed by atoms with Gasteiger partial charge in [0, 0.05) is 19.3 Å². The molecule has 1 N–H and O–H groups in total. The van der Waals surface area contributed by atoms with Gasteiger partial charge in [0.25, 0.3) is 0 Å². The number of aryl methyl sites for hydroxylation is 1. The van der Waals surface area contributed by atoms with Gasteiger partial charge in [0.2, 0.25) is 0 Å². The zero-order valence-electron chi connectivity index (χ0n) is 10.1. The van der Waals surface area contributed by atoms with Crippen molar-refractivity contribution in [2.24, 2.45) is 7.05 Å². The fraction of sp³-hybridized carbons (Fsp3) is 0.818. The molecule has 0 saturated carbocycles. The fourth-order valence-electron chi connectivity index (χ4n) is 2.73. The Morgan fingerprint density at radius 2 is 2.59 bits per heavy atom. The highest BCUT2D eigenvalue weighted by Crippen LogP contribution is 2.40. The quantitative estimate of drug-likeness (QED) is 0.801. The molecule has 3 heterocycles. The van der Waals surface area contributed by atoms with Gasteiger partial charge in [0.05, 0.1) is 24.4 Å². The van der Waals surface area contributed by atoms with Gasteiger partial charge in [-0.3, -0.25) is 0 Å². The van der Waals surface area contributed by atoms with Crippen molar-refractivity contribution in [2.45, 2.75) is 24.5 Å². The molecule has 17 heavy (non-hydrogen) atoms. The van der Waals surface area contributed by atoms with Crippen molar-refractivity contribution in [3.8, 4) is 0 Å². The first kappa shape index (κ1) is 11.5. The lowest BCUT2D eigenvalue weighted by atomic mass is 9.87. The second kappa shape index (κ2) is 4.59. The Bertz CT molecular complexity index is 380. The standard InChI is InChI=1S/C11H18N4OS/c1-15-13-7-9(14-15)10-11(16-5-4-12-10)3-2-6-17-8-11/h7,10,12H,2-6,8H2,1H3. The summed E-state index contributed by atoms with van der Waals surface area (Å²) in [6, 6.07) is 0.192. The van der Waals surface area contributed by atoms with Crippen molar-refractivity contribution in [1.82, 2.24) is 20.3 Å². The molecule has 94 valence electrons. The molecule has 0 bridgehead atoms. The molecule has 2 saturated heterocycles. The first-order valence-electron chi connectivity index (χ1n) is 6.11. The van der Waals surface area contributed by atoms with E-state index in [1.54, 1.807) is 4.80 Å². The molecule has 6 heteroatoms. The maximum Gasteiger partial charge on any atom is 0.103 e. The summed E-state index contributed by atoms with van der Waals surface area (Å²) in [7, 11) is 1.86. The van der Waals surface area contributed by atoms with E-state index in [1.165, 1.54) is 12.2 Å². The highest BCUT2D eigenvalue weighted by Gasteiger charge is 2.45. The molecule has 0 aliphatic carbocycles. The predicted molar refractivity (Wildman–Crippen MR) is 67.0 cm³/mol. The molecule has 3 rings (SSSR count). The third kappa shape index (κ3) is 2.09. The molecular weight excluding hydrogens is 236 g/mol. The first-order chi connectivity index (χ1) is 8.30. The number of thioether (sulfide) groups is 1. The minimum absolute atomic E-state index is 0.0722. The van der Waals surface area contributed by atoms with Gasteiger partial charge in [-0.15, -0.1) is 0 Å². The molecule has 2 unspecified atom stereocenters. The Labute approximate surface area is 105 Å². The van der Waals surface area contributed by atoms with Crippen LogP contribution in [0.2, 0.25) is 0 Å². The Morgan fingerprint density at radius 1 is 1.65 bits per heavy atom.